The second kappa shape index (κ2) is 5.33. The Kier molecular flexibility index (Phi) is 3.81. The van der Waals surface area contributed by atoms with Gasteiger partial charge in [0.15, 0.2) is 0 Å². The van der Waals surface area contributed by atoms with Crippen LogP contribution < -0.4 is 5.73 Å². The number of aromatic nitrogens is 1. The van der Waals surface area contributed by atoms with Crippen molar-refractivity contribution in [1.82, 2.24) is 4.98 Å². The Labute approximate surface area is 100 Å². The lowest BCUT2D eigenvalue weighted by molar-refractivity contribution is 0.603. The summed E-state index contributed by atoms with van der Waals surface area (Å²) < 4.78 is 0. The summed E-state index contributed by atoms with van der Waals surface area (Å²) in [7, 11) is 0. The smallest absolute Gasteiger partial charge is 0.101 e. The van der Waals surface area contributed by atoms with Crippen LogP contribution >= 0.6 is 11.8 Å². The highest BCUT2D eigenvalue weighted by Crippen LogP contribution is 2.29. The molecule has 3 nitrogen and oxygen atoms in total. The number of rotatable bonds is 3. The van der Waals surface area contributed by atoms with Crippen molar-refractivity contribution in [3.63, 3.8) is 0 Å². The van der Waals surface area contributed by atoms with Crippen LogP contribution in [0.2, 0.25) is 0 Å². The molecule has 84 valence electrons. The SMILES string of the molecule is N#Cc1ccc(SC[C@@H]2CC[C@H](N)C2)nc1. The molecule has 1 heterocycles. The van der Waals surface area contributed by atoms with Crippen molar-refractivity contribution >= 4 is 11.8 Å². The molecule has 1 aliphatic carbocycles. The van der Waals surface area contributed by atoms with Gasteiger partial charge in [-0.1, -0.05) is 0 Å². The van der Waals surface area contributed by atoms with E-state index in [1.54, 1.807) is 18.0 Å². The molecule has 1 aromatic heterocycles. The lowest BCUT2D eigenvalue weighted by Gasteiger charge is -2.07. The van der Waals surface area contributed by atoms with Crippen LogP contribution in [0.25, 0.3) is 0 Å². The van der Waals surface area contributed by atoms with Gasteiger partial charge in [0.1, 0.15) is 6.07 Å². The van der Waals surface area contributed by atoms with Gasteiger partial charge in [0.25, 0.3) is 0 Å². The van der Waals surface area contributed by atoms with Crippen molar-refractivity contribution in [2.75, 3.05) is 5.75 Å². The summed E-state index contributed by atoms with van der Waals surface area (Å²) in [5, 5.41) is 9.65. The maximum atomic E-state index is 8.65. The Bertz CT molecular complexity index is 382. The fraction of sp³-hybridized carbons (Fsp3) is 0.500. The lowest BCUT2D eigenvalue weighted by Crippen LogP contribution is -2.15. The second-order valence-corrected chi connectivity index (χ2v) is 5.29. The number of pyridine rings is 1. The highest BCUT2D eigenvalue weighted by molar-refractivity contribution is 7.99. The Morgan fingerprint density at radius 1 is 1.50 bits per heavy atom. The minimum Gasteiger partial charge on any atom is -0.328 e. The van der Waals surface area contributed by atoms with Crippen molar-refractivity contribution in [2.45, 2.75) is 30.3 Å². The Morgan fingerprint density at radius 2 is 2.38 bits per heavy atom. The van der Waals surface area contributed by atoms with E-state index in [9.17, 15) is 0 Å². The number of nitriles is 1. The average Bonchev–Trinajstić information content (AvgIpc) is 2.73. The van der Waals surface area contributed by atoms with Crippen molar-refractivity contribution in [3.8, 4) is 6.07 Å². The number of hydrogen-bond acceptors (Lipinski definition) is 4. The van der Waals surface area contributed by atoms with E-state index in [1.165, 1.54) is 6.42 Å². The minimum atomic E-state index is 0.402. The predicted octanol–water partition coefficient (Wildman–Crippen LogP) is 2.17. The van der Waals surface area contributed by atoms with Gasteiger partial charge in [-0.05, 0) is 37.3 Å². The third kappa shape index (κ3) is 2.97. The van der Waals surface area contributed by atoms with Gasteiger partial charge >= 0.3 is 0 Å². The largest absolute Gasteiger partial charge is 0.328 e. The van der Waals surface area contributed by atoms with Crippen LogP contribution in [0.3, 0.4) is 0 Å². The fourth-order valence-electron chi connectivity index (χ4n) is 2.00. The highest BCUT2D eigenvalue weighted by Gasteiger charge is 2.21. The number of nitrogens with two attached hydrogens (primary N) is 1. The number of thioether (sulfide) groups is 1. The monoisotopic (exact) mass is 233 g/mol. The zero-order chi connectivity index (χ0) is 11.4. The van der Waals surface area contributed by atoms with E-state index in [1.807, 2.05) is 12.1 Å². The zero-order valence-corrected chi connectivity index (χ0v) is 9.91. The molecule has 0 radical (unpaired) electrons. The molecule has 0 amide bonds. The molecule has 0 aromatic carbocycles. The van der Waals surface area contributed by atoms with Crippen LogP contribution in [0.5, 0.6) is 0 Å². The van der Waals surface area contributed by atoms with Crippen LogP contribution in [0.15, 0.2) is 23.4 Å². The maximum absolute atomic E-state index is 8.65. The maximum Gasteiger partial charge on any atom is 0.101 e. The minimum absolute atomic E-state index is 0.402. The van der Waals surface area contributed by atoms with E-state index in [2.05, 4.69) is 11.1 Å². The van der Waals surface area contributed by atoms with Gasteiger partial charge in [0.2, 0.25) is 0 Å². The van der Waals surface area contributed by atoms with Crippen LogP contribution in [0.4, 0.5) is 0 Å². The molecule has 16 heavy (non-hydrogen) atoms. The molecule has 4 heteroatoms. The standard InChI is InChI=1S/C12H15N3S/c13-6-10-2-4-12(15-7-10)16-8-9-1-3-11(14)5-9/h2,4,7,9,11H,1,3,5,8,14H2/t9-,11+/m1/s1. The van der Waals surface area contributed by atoms with Crippen molar-refractivity contribution in [2.24, 2.45) is 11.7 Å². The summed E-state index contributed by atoms with van der Waals surface area (Å²) in [6, 6.07) is 6.20. The van der Waals surface area contributed by atoms with E-state index >= 15 is 0 Å². The molecule has 2 atom stereocenters. The van der Waals surface area contributed by atoms with E-state index in [0.29, 0.717) is 11.6 Å². The van der Waals surface area contributed by atoms with Crippen molar-refractivity contribution in [1.29, 1.82) is 5.26 Å². The van der Waals surface area contributed by atoms with Gasteiger partial charge in [0.05, 0.1) is 10.6 Å². The second-order valence-electron chi connectivity index (χ2n) is 4.25. The number of nitrogens with zero attached hydrogens (tertiary/aromatic N) is 2. The Balaban J connectivity index is 1.83. The summed E-state index contributed by atoms with van der Waals surface area (Å²) in [4.78, 5) is 4.24. The van der Waals surface area contributed by atoms with E-state index in [-0.39, 0.29) is 0 Å². The lowest BCUT2D eigenvalue weighted by atomic mass is 10.1. The van der Waals surface area contributed by atoms with E-state index in [4.69, 9.17) is 11.0 Å². The third-order valence-electron chi connectivity index (χ3n) is 2.91. The molecule has 1 saturated carbocycles. The first-order valence-corrected chi connectivity index (χ1v) is 6.51. The highest BCUT2D eigenvalue weighted by atomic mass is 32.2. The summed E-state index contributed by atoms with van der Waals surface area (Å²) in [6.07, 6.45) is 5.17. The molecular weight excluding hydrogens is 218 g/mol. The zero-order valence-electron chi connectivity index (χ0n) is 9.10. The van der Waals surface area contributed by atoms with Gasteiger partial charge in [-0.15, -0.1) is 11.8 Å². The van der Waals surface area contributed by atoms with Crippen LogP contribution in [0, 0.1) is 17.2 Å². The van der Waals surface area contributed by atoms with Crippen LogP contribution in [0.1, 0.15) is 24.8 Å². The van der Waals surface area contributed by atoms with Crippen LogP contribution in [-0.4, -0.2) is 16.8 Å². The molecular formula is C12H15N3S. The molecule has 0 unspecified atom stereocenters. The van der Waals surface area contributed by atoms with E-state index < -0.39 is 0 Å². The molecule has 0 aliphatic heterocycles. The molecule has 0 saturated heterocycles. The van der Waals surface area contributed by atoms with Crippen molar-refractivity contribution in [3.05, 3.63) is 23.9 Å². The van der Waals surface area contributed by atoms with Gasteiger partial charge in [-0.2, -0.15) is 5.26 Å². The first-order valence-electron chi connectivity index (χ1n) is 5.52. The molecule has 2 N–H and O–H groups in total. The Hall–Kier alpha value is -1.05. The van der Waals surface area contributed by atoms with Crippen molar-refractivity contribution < 1.29 is 0 Å². The average molecular weight is 233 g/mol. The van der Waals surface area contributed by atoms with Gasteiger partial charge in [-0.3, -0.25) is 0 Å². The van der Waals surface area contributed by atoms with Crippen LogP contribution in [-0.2, 0) is 0 Å². The van der Waals surface area contributed by atoms with Gasteiger partial charge < -0.3 is 5.73 Å². The summed E-state index contributed by atoms with van der Waals surface area (Å²) in [5.74, 6) is 1.82. The molecule has 1 aliphatic rings. The molecule has 2 rings (SSSR count). The van der Waals surface area contributed by atoms with E-state index in [0.717, 1.165) is 29.5 Å². The summed E-state index contributed by atoms with van der Waals surface area (Å²) in [6.45, 7) is 0. The summed E-state index contributed by atoms with van der Waals surface area (Å²) in [5.41, 5.74) is 6.49. The molecule has 1 fully saturated rings. The predicted molar refractivity (Wildman–Crippen MR) is 65.0 cm³/mol. The van der Waals surface area contributed by atoms with Gasteiger partial charge in [-0.25, -0.2) is 4.98 Å². The quantitative estimate of drug-likeness (QED) is 0.813. The molecule has 0 spiro atoms. The summed E-state index contributed by atoms with van der Waals surface area (Å²) >= 11 is 1.76. The Morgan fingerprint density at radius 3 is 2.94 bits per heavy atom. The normalized spacial score (nSPS) is 24.2. The molecule has 0 bridgehead atoms. The first-order chi connectivity index (χ1) is 7.78. The topological polar surface area (TPSA) is 62.7 Å². The third-order valence-corrected chi connectivity index (χ3v) is 4.09. The van der Waals surface area contributed by atoms with Gasteiger partial charge in [0, 0.05) is 18.0 Å². The number of hydrogen-bond donors (Lipinski definition) is 1. The first kappa shape index (κ1) is 11.4. The molecule has 1 aromatic rings. The fourth-order valence-corrected chi connectivity index (χ4v) is 3.00.